The SMILES string of the molecule is C=CCOCCCNC(=O)CC(C)(C)C. The third-order valence-corrected chi connectivity index (χ3v) is 1.71. The third kappa shape index (κ3) is 11.1. The van der Waals surface area contributed by atoms with Crippen LogP contribution in [-0.2, 0) is 9.53 Å². The lowest BCUT2D eigenvalue weighted by molar-refractivity contribution is -0.122. The first-order chi connectivity index (χ1) is 6.95. The molecule has 0 aromatic rings. The Labute approximate surface area is 92.9 Å². The Hall–Kier alpha value is -0.830. The van der Waals surface area contributed by atoms with Crippen molar-refractivity contribution in [3.8, 4) is 0 Å². The number of ether oxygens (including phenoxy) is 1. The van der Waals surface area contributed by atoms with Gasteiger partial charge < -0.3 is 10.1 Å². The van der Waals surface area contributed by atoms with Gasteiger partial charge in [-0.3, -0.25) is 4.79 Å². The van der Waals surface area contributed by atoms with Crippen LogP contribution in [0.5, 0.6) is 0 Å². The van der Waals surface area contributed by atoms with Crippen LogP contribution in [0.3, 0.4) is 0 Å². The van der Waals surface area contributed by atoms with E-state index in [-0.39, 0.29) is 11.3 Å². The lowest BCUT2D eigenvalue weighted by atomic mass is 9.92. The second-order valence-corrected chi connectivity index (χ2v) is 4.80. The van der Waals surface area contributed by atoms with Gasteiger partial charge in [-0.15, -0.1) is 6.58 Å². The van der Waals surface area contributed by atoms with Crippen molar-refractivity contribution >= 4 is 5.91 Å². The van der Waals surface area contributed by atoms with Crippen LogP contribution in [0.25, 0.3) is 0 Å². The van der Waals surface area contributed by atoms with Crippen LogP contribution < -0.4 is 5.32 Å². The molecule has 0 bridgehead atoms. The molecule has 0 rings (SSSR count). The first-order valence-electron chi connectivity index (χ1n) is 5.41. The number of carbonyl (C=O) groups is 1. The van der Waals surface area contributed by atoms with Gasteiger partial charge in [0, 0.05) is 19.6 Å². The zero-order chi connectivity index (χ0) is 11.7. The molecule has 0 aromatic carbocycles. The summed E-state index contributed by atoms with van der Waals surface area (Å²) < 4.78 is 5.20. The van der Waals surface area contributed by atoms with Crippen LogP contribution in [0, 0.1) is 5.41 Å². The molecule has 0 saturated carbocycles. The molecule has 0 radical (unpaired) electrons. The zero-order valence-electron chi connectivity index (χ0n) is 10.1. The van der Waals surface area contributed by atoms with E-state index < -0.39 is 0 Å². The van der Waals surface area contributed by atoms with Gasteiger partial charge in [-0.1, -0.05) is 26.8 Å². The highest BCUT2D eigenvalue weighted by atomic mass is 16.5. The highest BCUT2D eigenvalue weighted by molar-refractivity contribution is 5.76. The smallest absolute Gasteiger partial charge is 0.220 e. The molecule has 3 heteroatoms. The predicted molar refractivity (Wildman–Crippen MR) is 62.7 cm³/mol. The van der Waals surface area contributed by atoms with E-state index in [0.717, 1.165) is 6.42 Å². The Bertz CT molecular complexity index is 194. The van der Waals surface area contributed by atoms with Crippen LogP contribution in [0.2, 0.25) is 0 Å². The van der Waals surface area contributed by atoms with Gasteiger partial charge in [0.25, 0.3) is 0 Å². The van der Waals surface area contributed by atoms with Gasteiger partial charge in [-0.25, -0.2) is 0 Å². The van der Waals surface area contributed by atoms with E-state index in [1.807, 2.05) is 0 Å². The van der Waals surface area contributed by atoms with E-state index in [9.17, 15) is 4.79 Å². The second kappa shape index (κ2) is 7.46. The fourth-order valence-electron chi connectivity index (χ4n) is 1.11. The number of rotatable bonds is 7. The molecule has 0 spiro atoms. The highest BCUT2D eigenvalue weighted by Crippen LogP contribution is 2.17. The average molecular weight is 213 g/mol. The summed E-state index contributed by atoms with van der Waals surface area (Å²) in [5, 5.41) is 2.87. The number of amides is 1. The normalized spacial score (nSPS) is 11.1. The van der Waals surface area contributed by atoms with Crippen molar-refractivity contribution in [2.75, 3.05) is 19.8 Å². The third-order valence-electron chi connectivity index (χ3n) is 1.71. The summed E-state index contributed by atoms with van der Waals surface area (Å²) in [6, 6.07) is 0. The van der Waals surface area contributed by atoms with Gasteiger partial charge in [0.05, 0.1) is 6.61 Å². The summed E-state index contributed by atoms with van der Waals surface area (Å²) in [5.41, 5.74) is 0.0590. The number of hydrogen-bond donors (Lipinski definition) is 1. The minimum atomic E-state index is 0.0590. The zero-order valence-corrected chi connectivity index (χ0v) is 10.1. The van der Waals surface area contributed by atoms with Crippen molar-refractivity contribution in [2.45, 2.75) is 33.6 Å². The fraction of sp³-hybridized carbons (Fsp3) is 0.750. The molecule has 0 aliphatic rings. The fourth-order valence-corrected chi connectivity index (χ4v) is 1.11. The van der Waals surface area contributed by atoms with Gasteiger partial charge in [0.15, 0.2) is 0 Å². The molecule has 0 aliphatic heterocycles. The van der Waals surface area contributed by atoms with Crippen molar-refractivity contribution < 1.29 is 9.53 Å². The van der Waals surface area contributed by atoms with E-state index in [2.05, 4.69) is 32.7 Å². The van der Waals surface area contributed by atoms with E-state index >= 15 is 0 Å². The summed E-state index contributed by atoms with van der Waals surface area (Å²) in [7, 11) is 0. The molecule has 0 aromatic heterocycles. The molecule has 88 valence electrons. The van der Waals surface area contributed by atoms with Crippen LogP contribution in [0.4, 0.5) is 0 Å². The molecule has 1 N–H and O–H groups in total. The maximum atomic E-state index is 11.4. The Morgan fingerprint density at radius 3 is 2.67 bits per heavy atom. The molecule has 3 nitrogen and oxygen atoms in total. The van der Waals surface area contributed by atoms with Crippen LogP contribution in [0.15, 0.2) is 12.7 Å². The van der Waals surface area contributed by atoms with Crippen LogP contribution in [0.1, 0.15) is 33.6 Å². The van der Waals surface area contributed by atoms with Gasteiger partial charge in [-0.05, 0) is 11.8 Å². The van der Waals surface area contributed by atoms with Gasteiger partial charge in [-0.2, -0.15) is 0 Å². The summed E-state index contributed by atoms with van der Waals surface area (Å²) in [4.78, 5) is 11.4. The van der Waals surface area contributed by atoms with E-state index in [0.29, 0.717) is 26.2 Å². The van der Waals surface area contributed by atoms with Gasteiger partial charge in [0.2, 0.25) is 5.91 Å². The molecule has 15 heavy (non-hydrogen) atoms. The molecular formula is C12H23NO2. The Kier molecular flexibility index (Phi) is 7.05. The summed E-state index contributed by atoms with van der Waals surface area (Å²) in [6.07, 6.45) is 3.14. The summed E-state index contributed by atoms with van der Waals surface area (Å²) in [5.74, 6) is 0.117. The summed E-state index contributed by atoms with van der Waals surface area (Å²) >= 11 is 0. The van der Waals surface area contributed by atoms with Crippen molar-refractivity contribution in [2.24, 2.45) is 5.41 Å². The van der Waals surface area contributed by atoms with E-state index in [4.69, 9.17) is 4.74 Å². The maximum absolute atomic E-state index is 11.4. The molecule has 0 fully saturated rings. The van der Waals surface area contributed by atoms with E-state index in [1.54, 1.807) is 6.08 Å². The molecule has 0 saturated heterocycles. The number of nitrogens with one attached hydrogen (secondary N) is 1. The molecule has 0 heterocycles. The van der Waals surface area contributed by atoms with Gasteiger partial charge in [0.1, 0.15) is 0 Å². The first-order valence-corrected chi connectivity index (χ1v) is 5.41. The number of carbonyl (C=O) groups excluding carboxylic acids is 1. The van der Waals surface area contributed by atoms with E-state index in [1.165, 1.54) is 0 Å². The number of hydrogen-bond acceptors (Lipinski definition) is 2. The molecular weight excluding hydrogens is 190 g/mol. The lowest BCUT2D eigenvalue weighted by Crippen LogP contribution is -2.28. The minimum absolute atomic E-state index is 0.0590. The van der Waals surface area contributed by atoms with Crippen molar-refractivity contribution in [3.63, 3.8) is 0 Å². The average Bonchev–Trinajstić information content (AvgIpc) is 2.08. The molecule has 0 aliphatic carbocycles. The molecule has 1 amide bonds. The van der Waals surface area contributed by atoms with Crippen molar-refractivity contribution in [1.82, 2.24) is 5.32 Å². The molecule has 0 atom stereocenters. The summed E-state index contributed by atoms with van der Waals surface area (Å²) in [6.45, 7) is 11.7. The largest absolute Gasteiger partial charge is 0.377 e. The van der Waals surface area contributed by atoms with Gasteiger partial charge >= 0.3 is 0 Å². The molecule has 0 unspecified atom stereocenters. The first kappa shape index (κ1) is 14.2. The maximum Gasteiger partial charge on any atom is 0.220 e. The Morgan fingerprint density at radius 1 is 1.47 bits per heavy atom. The van der Waals surface area contributed by atoms with Crippen LogP contribution in [-0.4, -0.2) is 25.7 Å². The monoisotopic (exact) mass is 213 g/mol. The van der Waals surface area contributed by atoms with Crippen molar-refractivity contribution in [3.05, 3.63) is 12.7 Å². The van der Waals surface area contributed by atoms with Crippen molar-refractivity contribution in [1.29, 1.82) is 0 Å². The quantitative estimate of drug-likeness (QED) is 0.519. The minimum Gasteiger partial charge on any atom is -0.377 e. The standard InChI is InChI=1S/C12H23NO2/c1-5-8-15-9-6-7-13-11(14)10-12(2,3)4/h5H,1,6-10H2,2-4H3,(H,13,14). The Balaban J connectivity index is 3.36. The highest BCUT2D eigenvalue weighted by Gasteiger charge is 2.14. The Morgan fingerprint density at radius 2 is 2.13 bits per heavy atom. The second-order valence-electron chi connectivity index (χ2n) is 4.80. The van der Waals surface area contributed by atoms with Crippen LogP contribution >= 0.6 is 0 Å². The lowest BCUT2D eigenvalue weighted by Gasteiger charge is -2.17. The predicted octanol–water partition coefficient (Wildman–Crippen LogP) is 2.13. The topological polar surface area (TPSA) is 38.3 Å².